The second kappa shape index (κ2) is 8.36. The number of piperidine rings is 1. The third kappa shape index (κ3) is 3.93. The summed E-state index contributed by atoms with van der Waals surface area (Å²) in [7, 11) is -5.68. The van der Waals surface area contributed by atoms with Crippen molar-refractivity contribution in [3.05, 3.63) is 59.2 Å². The number of rotatable bonds is 6. The fraction of sp³-hybridized carbons (Fsp3) is 0.458. The standard InChI is InChI=1S/C24H29NO3/c1-27-22-14-19-13-20(24(26)21(19)15-23(22)28-2)12-17-8-10-25(11-9-17)16-18-6-4-3-5-7-18/h3-7,14-15,17,20H,8-13,16H2,1-2H3/i1D3,2D3,20D. The molecule has 2 aromatic carbocycles. The van der Waals surface area contributed by atoms with Gasteiger partial charge in [-0.2, -0.15) is 0 Å². The molecule has 1 heterocycles. The van der Waals surface area contributed by atoms with Crippen LogP contribution in [-0.4, -0.2) is 37.8 Å². The van der Waals surface area contributed by atoms with Crippen molar-refractivity contribution in [3.63, 3.8) is 0 Å². The molecule has 0 radical (unpaired) electrons. The van der Waals surface area contributed by atoms with E-state index in [2.05, 4.69) is 17.0 Å². The summed E-state index contributed by atoms with van der Waals surface area (Å²) in [6.07, 6.45) is 2.29. The lowest BCUT2D eigenvalue weighted by Gasteiger charge is -2.32. The SMILES string of the molecule is [2H]C([2H])([2H])Oc1cc2c(cc1OC([2H])([2H])[2H])C(=O)C([2H])(CC1CCN(Cc3ccccc3)CC1)C2. The van der Waals surface area contributed by atoms with Crippen molar-refractivity contribution in [2.75, 3.05) is 27.2 Å². The number of carbonyl (C=O) groups is 1. The highest BCUT2D eigenvalue weighted by Gasteiger charge is 2.34. The summed E-state index contributed by atoms with van der Waals surface area (Å²) in [5, 5.41) is 0. The van der Waals surface area contributed by atoms with E-state index in [0.29, 0.717) is 12.0 Å². The Morgan fingerprint density at radius 2 is 1.82 bits per heavy atom. The van der Waals surface area contributed by atoms with Crippen molar-refractivity contribution in [1.82, 2.24) is 4.90 Å². The van der Waals surface area contributed by atoms with E-state index in [1.807, 2.05) is 18.2 Å². The van der Waals surface area contributed by atoms with Gasteiger partial charge in [0.25, 0.3) is 0 Å². The van der Waals surface area contributed by atoms with Gasteiger partial charge in [-0.15, -0.1) is 0 Å². The highest BCUT2D eigenvalue weighted by atomic mass is 16.5. The summed E-state index contributed by atoms with van der Waals surface area (Å²) in [5.41, 5.74) is 1.93. The predicted molar refractivity (Wildman–Crippen MR) is 110 cm³/mol. The van der Waals surface area contributed by atoms with Crippen LogP contribution in [0.15, 0.2) is 42.5 Å². The van der Waals surface area contributed by atoms with Gasteiger partial charge < -0.3 is 9.47 Å². The van der Waals surface area contributed by atoms with Crippen LogP contribution in [0, 0.1) is 11.8 Å². The van der Waals surface area contributed by atoms with Gasteiger partial charge in [-0.1, -0.05) is 30.3 Å². The van der Waals surface area contributed by atoms with Crippen LogP contribution in [0.25, 0.3) is 0 Å². The van der Waals surface area contributed by atoms with Crippen molar-refractivity contribution in [2.24, 2.45) is 11.8 Å². The lowest BCUT2D eigenvalue weighted by Crippen LogP contribution is -2.34. The molecule has 4 rings (SSSR count). The van der Waals surface area contributed by atoms with E-state index < -0.39 is 25.8 Å². The van der Waals surface area contributed by atoms with Gasteiger partial charge in [0.1, 0.15) is 0 Å². The molecule has 1 aliphatic heterocycles. The molecular weight excluding hydrogens is 350 g/mol. The first-order valence-corrected chi connectivity index (χ1v) is 9.67. The molecule has 1 aliphatic carbocycles. The number of methoxy groups -OCH3 is 2. The Morgan fingerprint density at radius 3 is 2.54 bits per heavy atom. The maximum Gasteiger partial charge on any atom is 0.166 e. The molecule has 148 valence electrons. The third-order valence-corrected chi connectivity index (χ3v) is 5.85. The number of fused-ring (bicyclic) bond motifs is 1. The average Bonchev–Trinajstić information content (AvgIpc) is 2.98. The smallest absolute Gasteiger partial charge is 0.166 e. The van der Waals surface area contributed by atoms with E-state index in [9.17, 15) is 4.79 Å². The van der Waals surface area contributed by atoms with Crippen molar-refractivity contribution >= 4 is 5.78 Å². The number of hydrogen-bond donors (Lipinski definition) is 0. The molecule has 0 spiro atoms. The molecule has 0 saturated carbocycles. The Bertz CT molecular complexity index is 1060. The fourth-order valence-corrected chi connectivity index (χ4v) is 4.32. The van der Waals surface area contributed by atoms with Crippen molar-refractivity contribution in [1.29, 1.82) is 0 Å². The third-order valence-electron chi connectivity index (χ3n) is 5.85. The van der Waals surface area contributed by atoms with E-state index in [4.69, 9.17) is 19.1 Å². The van der Waals surface area contributed by atoms with Gasteiger partial charge in [0.15, 0.2) is 17.3 Å². The van der Waals surface area contributed by atoms with E-state index in [1.54, 1.807) is 0 Å². The second-order valence-electron chi connectivity index (χ2n) is 7.68. The first-order valence-electron chi connectivity index (χ1n) is 13.2. The minimum atomic E-state index is -2.85. The van der Waals surface area contributed by atoms with Gasteiger partial charge in [-0.05, 0) is 68.0 Å². The van der Waals surface area contributed by atoms with Crippen LogP contribution in [0.3, 0.4) is 0 Å². The minimum absolute atomic E-state index is 0.122. The largest absolute Gasteiger partial charge is 0.493 e. The van der Waals surface area contributed by atoms with E-state index in [1.165, 1.54) is 17.7 Å². The summed E-state index contributed by atoms with van der Waals surface area (Å²) >= 11 is 0. The van der Waals surface area contributed by atoms with Crippen LogP contribution in [0.1, 0.15) is 50.3 Å². The van der Waals surface area contributed by atoms with Crippen LogP contribution in [-0.2, 0) is 13.0 Å². The highest BCUT2D eigenvalue weighted by Crippen LogP contribution is 2.39. The molecule has 1 saturated heterocycles. The van der Waals surface area contributed by atoms with Gasteiger partial charge in [-0.3, -0.25) is 9.69 Å². The number of carbonyl (C=O) groups excluding carboxylic acids is 1. The van der Waals surface area contributed by atoms with Crippen LogP contribution in [0.2, 0.25) is 0 Å². The topological polar surface area (TPSA) is 38.8 Å². The quantitative estimate of drug-likeness (QED) is 0.739. The molecule has 2 aromatic rings. The number of benzene rings is 2. The van der Waals surface area contributed by atoms with Gasteiger partial charge in [0.2, 0.25) is 0 Å². The van der Waals surface area contributed by atoms with Crippen LogP contribution >= 0.6 is 0 Å². The minimum Gasteiger partial charge on any atom is -0.493 e. The predicted octanol–water partition coefficient (Wildman–Crippen LogP) is 4.36. The Labute approximate surface area is 177 Å². The molecule has 1 unspecified atom stereocenters. The first-order chi connectivity index (χ1) is 16.3. The Hall–Kier alpha value is -2.33. The first kappa shape index (κ1) is 12.3. The zero-order valence-electron chi connectivity index (χ0n) is 22.7. The monoisotopic (exact) mass is 386 g/mol. The Balaban J connectivity index is 1.46. The van der Waals surface area contributed by atoms with Crippen LogP contribution in [0.5, 0.6) is 11.5 Å². The molecule has 0 amide bonds. The van der Waals surface area contributed by atoms with Gasteiger partial charge in [0, 0.05) is 19.4 Å². The Morgan fingerprint density at radius 1 is 1.11 bits per heavy atom. The number of hydrogen-bond acceptors (Lipinski definition) is 4. The molecule has 0 bridgehead atoms. The summed E-state index contributed by atoms with van der Waals surface area (Å²) in [5.74, 6) is -2.17. The lowest BCUT2D eigenvalue weighted by molar-refractivity contribution is 0.0895. The van der Waals surface area contributed by atoms with Crippen LogP contribution in [0.4, 0.5) is 0 Å². The average molecular weight is 387 g/mol. The molecule has 28 heavy (non-hydrogen) atoms. The highest BCUT2D eigenvalue weighted by molar-refractivity contribution is 6.02. The zero-order chi connectivity index (χ0) is 25.4. The summed E-state index contributed by atoms with van der Waals surface area (Å²) < 4.78 is 63.1. The van der Waals surface area contributed by atoms with Crippen molar-refractivity contribution < 1.29 is 23.9 Å². The number of likely N-dealkylation sites (tertiary alicyclic amines) is 1. The second-order valence-corrected chi connectivity index (χ2v) is 7.68. The van der Waals surface area contributed by atoms with E-state index in [-0.39, 0.29) is 29.4 Å². The number of ether oxygens (including phenoxy) is 2. The molecular formula is C24H29NO3. The maximum atomic E-state index is 13.3. The lowest BCUT2D eigenvalue weighted by atomic mass is 9.85. The van der Waals surface area contributed by atoms with E-state index >= 15 is 0 Å². The zero-order valence-corrected chi connectivity index (χ0v) is 15.7. The molecule has 0 aromatic heterocycles. The molecule has 1 atom stereocenters. The van der Waals surface area contributed by atoms with Gasteiger partial charge >= 0.3 is 0 Å². The summed E-state index contributed by atoms with van der Waals surface area (Å²) in [6.45, 7) is 2.66. The maximum absolute atomic E-state index is 13.3. The Kier molecular flexibility index (Phi) is 3.66. The van der Waals surface area contributed by atoms with Crippen molar-refractivity contribution in [2.45, 2.75) is 32.2 Å². The number of ketones is 1. The molecule has 4 heteroatoms. The summed E-state index contributed by atoms with van der Waals surface area (Å²) in [4.78, 5) is 15.6. The van der Waals surface area contributed by atoms with Crippen LogP contribution < -0.4 is 9.47 Å². The van der Waals surface area contributed by atoms with Gasteiger partial charge in [0.05, 0.1) is 22.3 Å². The molecule has 1 fully saturated rings. The summed E-state index contributed by atoms with van der Waals surface area (Å²) in [6, 6.07) is 12.8. The fourth-order valence-electron chi connectivity index (χ4n) is 4.32. The van der Waals surface area contributed by atoms with Crippen molar-refractivity contribution in [3.8, 4) is 11.5 Å². The number of Topliss-reactive ketones (excluding diaryl/α,β-unsaturated/α-hetero) is 1. The normalized spacial score (nSPS) is 27.4. The van der Waals surface area contributed by atoms with E-state index in [0.717, 1.165) is 32.5 Å². The molecule has 4 nitrogen and oxygen atoms in total. The molecule has 2 aliphatic rings. The molecule has 0 N–H and O–H groups in total. The van der Waals surface area contributed by atoms with Gasteiger partial charge in [-0.25, -0.2) is 0 Å². The number of nitrogens with zero attached hydrogens (tertiary/aromatic N) is 1.